The predicted octanol–water partition coefficient (Wildman–Crippen LogP) is 2.83. The lowest BCUT2D eigenvalue weighted by Crippen LogP contribution is -2.42. The van der Waals surface area contributed by atoms with Crippen LogP contribution in [0.4, 0.5) is 5.69 Å². The number of nitrogens with one attached hydrogen (secondary N) is 2. The standard InChI is InChI=1S/C9H14N2S2/c1-9(2,3)11-8(12)10-7-4-5-13-6-7/h4-6H,1-3H3,(H2,10,11,12). The molecule has 0 aromatic carbocycles. The van der Waals surface area contributed by atoms with Crippen LogP contribution in [0.15, 0.2) is 16.8 Å². The molecule has 0 saturated heterocycles. The highest BCUT2D eigenvalue weighted by Crippen LogP contribution is 2.11. The molecular weight excluding hydrogens is 200 g/mol. The third kappa shape index (κ3) is 4.24. The first-order valence-corrected chi connectivity index (χ1v) is 5.44. The maximum absolute atomic E-state index is 5.13. The molecule has 0 radical (unpaired) electrons. The Labute approximate surface area is 88.4 Å². The molecule has 72 valence electrons. The van der Waals surface area contributed by atoms with Gasteiger partial charge in [0, 0.05) is 10.9 Å². The lowest BCUT2D eigenvalue weighted by atomic mass is 10.1. The molecule has 2 N–H and O–H groups in total. The SMILES string of the molecule is CC(C)(C)NC(=S)Nc1ccsc1. The fraction of sp³-hybridized carbons (Fsp3) is 0.444. The Kier molecular flexibility index (Phi) is 3.27. The highest BCUT2D eigenvalue weighted by Gasteiger charge is 2.10. The first-order valence-electron chi connectivity index (χ1n) is 4.09. The van der Waals surface area contributed by atoms with Crippen LogP contribution in [0.1, 0.15) is 20.8 Å². The Hall–Kier alpha value is -0.610. The van der Waals surface area contributed by atoms with Crippen LogP contribution in [0.3, 0.4) is 0 Å². The van der Waals surface area contributed by atoms with E-state index in [1.807, 2.05) is 16.8 Å². The van der Waals surface area contributed by atoms with Crippen LogP contribution in [-0.2, 0) is 0 Å². The fourth-order valence-corrected chi connectivity index (χ4v) is 1.85. The molecule has 0 spiro atoms. The molecule has 0 amide bonds. The van der Waals surface area contributed by atoms with Gasteiger partial charge >= 0.3 is 0 Å². The van der Waals surface area contributed by atoms with E-state index in [1.165, 1.54) is 0 Å². The summed E-state index contributed by atoms with van der Waals surface area (Å²) >= 11 is 6.78. The molecule has 4 heteroatoms. The quantitative estimate of drug-likeness (QED) is 0.703. The summed E-state index contributed by atoms with van der Waals surface area (Å²) in [7, 11) is 0. The second-order valence-electron chi connectivity index (χ2n) is 3.84. The van der Waals surface area contributed by atoms with Crippen LogP contribution in [0.2, 0.25) is 0 Å². The van der Waals surface area contributed by atoms with Crippen LogP contribution in [0.5, 0.6) is 0 Å². The van der Waals surface area contributed by atoms with E-state index in [9.17, 15) is 0 Å². The van der Waals surface area contributed by atoms with Gasteiger partial charge in [0.15, 0.2) is 5.11 Å². The first kappa shape index (κ1) is 10.5. The Morgan fingerprint density at radius 1 is 1.46 bits per heavy atom. The van der Waals surface area contributed by atoms with Crippen molar-refractivity contribution in [3.63, 3.8) is 0 Å². The molecule has 0 atom stereocenters. The summed E-state index contributed by atoms with van der Waals surface area (Å²) in [5.41, 5.74) is 1.06. The number of thiocarbonyl (C=S) groups is 1. The maximum atomic E-state index is 5.13. The average Bonchev–Trinajstić information content (AvgIpc) is 2.34. The monoisotopic (exact) mass is 214 g/mol. The summed E-state index contributed by atoms with van der Waals surface area (Å²) in [5.74, 6) is 0. The predicted molar refractivity (Wildman–Crippen MR) is 63.4 cm³/mol. The Morgan fingerprint density at radius 2 is 2.15 bits per heavy atom. The van der Waals surface area contributed by atoms with E-state index in [0.717, 1.165) is 5.69 Å². The normalized spacial score (nSPS) is 11.0. The minimum atomic E-state index is 0.0140. The fourth-order valence-electron chi connectivity index (χ4n) is 0.839. The van der Waals surface area contributed by atoms with E-state index < -0.39 is 0 Å². The molecule has 0 bridgehead atoms. The largest absolute Gasteiger partial charge is 0.358 e. The van der Waals surface area contributed by atoms with Gasteiger partial charge in [-0.3, -0.25) is 0 Å². The van der Waals surface area contributed by atoms with Crippen LogP contribution < -0.4 is 10.6 Å². The molecule has 13 heavy (non-hydrogen) atoms. The van der Waals surface area contributed by atoms with Gasteiger partial charge < -0.3 is 10.6 Å². The molecule has 0 aliphatic rings. The number of hydrogen-bond acceptors (Lipinski definition) is 2. The van der Waals surface area contributed by atoms with E-state index in [0.29, 0.717) is 5.11 Å². The molecule has 0 fully saturated rings. The molecule has 2 nitrogen and oxygen atoms in total. The molecule has 0 unspecified atom stereocenters. The van der Waals surface area contributed by atoms with Gasteiger partial charge in [-0.25, -0.2) is 0 Å². The molecule has 1 aromatic heterocycles. The zero-order chi connectivity index (χ0) is 9.90. The van der Waals surface area contributed by atoms with E-state index in [4.69, 9.17) is 12.2 Å². The van der Waals surface area contributed by atoms with Crippen molar-refractivity contribution >= 4 is 34.4 Å². The summed E-state index contributed by atoms with van der Waals surface area (Å²) in [4.78, 5) is 0. The van der Waals surface area contributed by atoms with Gasteiger partial charge in [0.1, 0.15) is 0 Å². The van der Waals surface area contributed by atoms with E-state index in [-0.39, 0.29) is 5.54 Å². The van der Waals surface area contributed by atoms with E-state index in [1.54, 1.807) is 11.3 Å². The van der Waals surface area contributed by atoms with Gasteiger partial charge in [-0.15, -0.1) is 0 Å². The molecule has 0 aliphatic carbocycles. The van der Waals surface area contributed by atoms with Crippen LogP contribution in [0, 0.1) is 0 Å². The molecule has 1 rings (SSSR count). The number of thiophene rings is 1. The van der Waals surface area contributed by atoms with Gasteiger partial charge in [-0.1, -0.05) is 0 Å². The van der Waals surface area contributed by atoms with Gasteiger partial charge in [-0.05, 0) is 44.4 Å². The molecule has 0 aliphatic heterocycles. The van der Waals surface area contributed by atoms with Crippen LogP contribution in [-0.4, -0.2) is 10.7 Å². The van der Waals surface area contributed by atoms with Crippen molar-refractivity contribution in [2.45, 2.75) is 26.3 Å². The van der Waals surface area contributed by atoms with Crippen molar-refractivity contribution in [2.24, 2.45) is 0 Å². The number of anilines is 1. The molecule has 1 aromatic rings. The van der Waals surface area contributed by atoms with Crippen molar-refractivity contribution in [1.82, 2.24) is 5.32 Å². The first-order chi connectivity index (χ1) is 5.97. The number of hydrogen-bond donors (Lipinski definition) is 2. The Morgan fingerprint density at radius 3 is 2.62 bits per heavy atom. The smallest absolute Gasteiger partial charge is 0.171 e. The summed E-state index contributed by atoms with van der Waals surface area (Å²) < 4.78 is 0. The topological polar surface area (TPSA) is 24.1 Å². The van der Waals surface area contributed by atoms with E-state index >= 15 is 0 Å². The number of rotatable bonds is 1. The lowest BCUT2D eigenvalue weighted by molar-refractivity contribution is 0.515. The summed E-state index contributed by atoms with van der Waals surface area (Å²) in [6.45, 7) is 6.23. The Bertz CT molecular complexity index is 272. The summed E-state index contributed by atoms with van der Waals surface area (Å²) in [6.07, 6.45) is 0. The second-order valence-corrected chi connectivity index (χ2v) is 5.03. The average molecular weight is 214 g/mol. The molecule has 1 heterocycles. The van der Waals surface area contributed by atoms with Crippen LogP contribution >= 0.6 is 23.6 Å². The lowest BCUT2D eigenvalue weighted by Gasteiger charge is -2.22. The molecule has 0 saturated carbocycles. The van der Waals surface area contributed by atoms with Crippen LogP contribution in [0.25, 0.3) is 0 Å². The summed E-state index contributed by atoms with van der Waals surface area (Å²) in [5, 5.41) is 11.0. The van der Waals surface area contributed by atoms with Gasteiger partial charge in [-0.2, -0.15) is 11.3 Å². The zero-order valence-corrected chi connectivity index (χ0v) is 9.68. The van der Waals surface area contributed by atoms with Gasteiger partial charge in [0.2, 0.25) is 0 Å². The van der Waals surface area contributed by atoms with Crippen molar-refractivity contribution in [3.8, 4) is 0 Å². The zero-order valence-electron chi connectivity index (χ0n) is 8.05. The second kappa shape index (κ2) is 4.07. The van der Waals surface area contributed by atoms with Crippen molar-refractivity contribution < 1.29 is 0 Å². The van der Waals surface area contributed by atoms with Crippen molar-refractivity contribution in [2.75, 3.05) is 5.32 Å². The minimum Gasteiger partial charge on any atom is -0.358 e. The van der Waals surface area contributed by atoms with Gasteiger partial charge in [0.25, 0.3) is 0 Å². The highest BCUT2D eigenvalue weighted by atomic mass is 32.1. The Balaban J connectivity index is 2.43. The highest BCUT2D eigenvalue weighted by molar-refractivity contribution is 7.80. The minimum absolute atomic E-state index is 0.0140. The maximum Gasteiger partial charge on any atom is 0.171 e. The third-order valence-corrected chi connectivity index (χ3v) is 2.15. The van der Waals surface area contributed by atoms with E-state index in [2.05, 4.69) is 31.4 Å². The van der Waals surface area contributed by atoms with Crippen molar-refractivity contribution in [1.29, 1.82) is 0 Å². The van der Waals surface area contributed by atoms with Crippen molar-refractivity contribution in [3.05, 3.63) is 16.8 Å². The summed E-state index contributed by atoms with van der Waals surface area (Å²) in [6, 6.07) is 2.00. The van der Waals surface area contributed by atoms with Gasteiger partial charge in [0.05, 0.1) is 5.69 Å². The molecular formula is C9H14N2S2. The third-order valence-electron chi connectivity index (χ3n) is 1.27.